The predicted molar refractivity (Wildman–Crippen MR) is 88.9 cm³/mol. The number of aromatic nitrogens is 2. The molecule has 1 amide bonds. The molecule has 1 aromatic carbocycles. The van der Waals surface area contributed by atoms with Gasteiger partial charge in [-0.1, -0.05) is 12.1 Å². The predicted octanol–water partition coefficient (Wildman–Crippen LogP) is 2.94. The number of aromatic carboxylic acids is 1. The van der Waals surface area contributed by atoms with Crippen LogP contribution in [0.4, 0.5) is 5.82 Å². The molecule has 1 unspecified atom stereocenters. The molecular formula is C16H17N3O3S. The third kappa shape index (κ3) is 2.96. The minimum absolute atomic E-state index is 0.0525. The second kappa shape index (κ2) is 6.08. The number of hydrogen-bond donors (Lipinski definition) is 2. The quantitative estimate of drug-likeness (QED) is 0.903. The Morgan fingerprint density at radius 2 is 2.09 bits per heavy atom. The summed E-state index contributed by atoms with van der Waals surface area (Å²) >= 11 is 1.51. The van der Waals surface area contributed by atoms with Gasteiger partial charge in [-0.15, -0.1) is 11.8 Å². The number of amides is 1. The second-order valence-corrected chi connectivity index (χ2v) is 6.75. The maximum Gasteiger partial charge on any atom is 0.335 e. The molecule has 3 rings (SSSR count). The molecule has 0 aliphatic carbocycles. The van der Waals surface area contributed by atoms with Gasteiger partial charge in [0.1, 0.15) is 5.82 Å². The number of thioether (sulfide) groups is 1. The first-order valence-corrected chi connectivity index (χ1v) is 8.34. The first-order chi connectivity index (χ1) is 11.0. The van der Waals surface area contributed by atoms with Crippen LogP contribution in [0, 0.1) is 0 Å². The molecule has 6 nitrogen and oxygen atoms in total. The summed E-state index contributed by atoms with van der Waals surface area (Å²) in [5.41, 5.74) is 2.15. The first kappa shape index (κ1) is 15.6. The SMILES string of the molecule is CC(C)n1ncc2c1NC(=O)CSC2c1ccc(C(=O)O)cc1. The van der Waals surface area contributed by atoms with E-state index in [1.165, 1.54) is 11.8 Å². The summed E-state index contributed by atoms with van der Waals surface area (Å²) in [5, 5.41) is 16.3. The summed E-state index contributed by atoms with van der Waals surface area (Å²) in [6, 6.07) is 6.91. The van der Waals surface area contributed by atoms with Gasteiger partial charge in [0.25, 0.3) is 0 Å². The highest BCUT2D eigenvalue weighted by molar-refractivity contribution is 8.00. The minimum Gasteiger partial charge on any atom is -0.478 e. The average Bonchev–Trinajstić information content (AvgIpc) is 2.84. The number of nitrogens with one attached hydrogen (secondary N) is 1. The number of carbonyl (C=O) groups is 2. The highest BCUT2D eigenvalue weighted by Crippen LogP contribution is 2.41. The summed E-state index contributed by atoms with van der Waals surface area (Å²) in [5.74, 6) is 0.0684. The highest BCUT2D eigenvalue weighted by atomic mass is 32.2. The van der Waals surface area contributed by atoms with Crippen molar-refractivity contribution in [3.8, 4) is 0 Å². The van der Waals surface area contributed by atoms with Crippen LogP contribution >= 0.6 is 11.8 Å². The number of hydrogen-bond acceptors (Lipinski definition) is 4. The Labute approximate surface area is 137 Å². The molecule has 1 aromatic heterocycles. The number of carbonyl (C=O) groups excluding carboxylic acids is 1. The molecule has 120 valence electrons. The van der Waals surface area contributed by atoms with Gasteiger partial charge >= 0.3 is 5.97 Å². The molecule has 0 spiro atoms. The molecule has 0 fully saturated rings. The van der Waals surface area contributed by atoms with Crippen molar-refractivity contribution in [2.24, 2.45) is 0 Å². The van der Waals surface area contributed by atoms with Crippen LogP contribution in [0.25, 0.3) is 0 Å². The van der Waals surface area contributed by atoms with E-state index in [4.69, 9.17) is 5.11 Å². The van der Waals surface area contributed by atoms with Gasteiger partial charge in [-0.05, 0) is 31.5 Å². The lowest BCUT2D eigenvalue weighted by Gasteiger charge is -2.15. The normalized spacial score (nSPS) is 17.5. The van der Waals surface area contributed by atoms with E-state index in [2.05, 4.69) is 10.4 Å². The Bertz CT molecular complexity index is 752. The molecule has 1 atom stereocenters. The van der Waals surface area contributed by atoms with Crippen molar-refractivity contribution >= 4 is 29.5 Å². The fourth-order valence-corrected chi connectivity index (χ4v) is 3.67. The van der Waals surface area contributed by atoms with E-state index in [0.29, 0.717) is 5.75 Å². The van der Waals surface area contributed by atoms with E-state index in [1.54, 1.807) is 35.1 Å². The molecule has 7 heteroatoms. The first-order valence-electron chi connectivity index (χ1n) is 7.29. The van der Waals surface area contributed by atoms with Gasteiger partial charge in [0.05, 0.1) is 22.8 Å². The van der Waals surface area contributed by atoms with Gasteiger partial charge in [-0.25, -0.2) is 9.48 Å². The molecule has 0 saturated heterocycles. The van der Waals surface area contributed by atoms with E-state index < -0.39 is 5.97 Å². The van der Waals surface area contributed by atoms with Crippen LogP contribution in [-0.4, -0.2) is 32.5 Å². The molecule has 2 heterocycles. The topological polar surface area (TPSA) is 84.2 Å². The zero-order valence-corrected chi connectivity index (χ0v) is 13.6. The van der Waals surface area contributed by atoms with Crippen molar-refractivity contribution in [1.82, 2.24) is 9.78 Å². The van der Waals surface area contributed by atoms with Crippen LogP contribution in [-0.2, 0) is 4.79 Å². The summed E-state index contributed by atoms with van der Waals surface area (Å²) in [4.78, 5) is 23.0. The number of carboxylic acid groups (broad SMARTS) is 1. The smallest absolute Gasteiger partial charge is 0.335 e. The largest absolute Gasteiger partial charge is 0.478 e. The van der Waals surface area contributed by atoms with E-state index in [0.717, 1.165) is 16.9 Å². The number of fused-ring (bicyclic) bond motifs is 1. The molecule has 0 radical (unpaired) electrons. The second-order valence-electron chi connectivity index (χ2n) is 5.65. The van der Waals surface area contributed by atoms with Crippen molar-refractivity contribution < 1.29 is 14.7 Å². The highest BCUT2D eigenvalue weighted by Gasteiger charge is 2.28. The van der Waals surface area contributed by atoms with Crippen LogP contribution < -0.4 is 5.32 Å². The Kier molecular flexibility index (Phi) is 4.12. The van der Waals surface area contributed by atoms with E-state index >= 15 is 0 Å². The molecule has 2 aromatic rings. The van der Waals surface area contributed by atoms with Crippen molar-refractivity contribution in [2.75, 3.05) is 11.1 Å². The maximum atomic E-state index is 12.0. The van der Waals surface area contributed by atoms with Crippen LogP contribution in [0.2, 0.25) is 0 Å². The third-order valence-electron chi connectivity index (χ3n) is 3.69. The lowest BCUT2D eigenvalue weighted by atomic mass is 10.0. The lowest BCUT2D eigenvalue weighted by Crippen LogP contribution is -2.17. The van der Waals surface area contributed by atoms with Crippen molar-refractivity contribution in [2.45, 2.75) is 25.1 Å². The number of carboxylic acids is 1. The molecular weight excluding hydrogens is 314 g/mol. The monoisotopic (exact) mass is 331 g/mol. The van der Waals surface area contributed by atoms with Gasteiger partial charge in [0, 0.05) is 11.6 Å². The number of anilines is 1. The zero-order valence-electron chi connectivity index (χ0n) is 12.8. The Morgan fingerprint density at radius 3 is 2.70 bits per heavy atom. The summed E-state index contributed by atoms with van der Waals surface area (Å²) in [7, 11) is 0. The Balaban J connectivity index is 2.03. The summed E-state index contributed by atoms with van der Waals surface area (Å²) < 4.78 is 1.80. The van der Waals surface area contributed by atoms with Gasteiger partial charge in [-0.2, -0.15) is 5.10 Å². The molecule has 2 N–H and O–H groups in total. The van der Waals surface area contributed by atoms with Gasteiger partial charge < -0.3 is 10.4 Å². The van der Waals surface area contributed by atoms with Crippen LogP contribution in [0.5, 0.6) is 0 Å². The molecule has 0 saturated carbocycles. The standard InChI is InChI=1S/C16H17N3O3S/c1-9(2)19-15-12(7-17-19)14(23-8-13(20)18-15)10-3-5-11(6-4-10)16(21)22/h3-7,9,14H,8H2,1-2H3,(H,18,20)(H,21,22). The van der Waals surface area contributed by atoms with Gasteiger partial charge in [-0.3, -0.25) is 4.79 Å². The number of rotatable bonds is 3. The van der Waals surface area contributed by atoms with Crippen LogP contribution in [0.3, 0.4) is 0 Å². The van der Waals surface area contributed by atoms with Crippen molar-refractivity contribution in [3.05, 3.63) is 47.2 Å². The molecule has 1 aliphatic rings. The van der Waals surface area contributed by atoms with Crippen molar-refractivity contribution in [3.63, 3.8) is 0 Å². The zero-order chi connectivity index (χ0) is 16.6. The summed E-state index contributed by atoms with van der Waals surface area (Å²) in [6.07, 6.45) is 1.78. The fraction of sp³-hybridized carbons (Fsp3) is 0.312. The van der Waals surface area contributed by atoms with Gasteiger partial charge in [0.15, 0.2) is 0 Å². The number of nitrogens with zero attached hydrogens (tertiary/aromatic N) is 2. The average molecular weight is 331 g/mol. The molecule has 0 bridgehead atoms. The summed E-state index contributed by atoms with van der Waals surface area (Å²) in [6.45, 7) is 4.02. The van der Waals surface area contributed by atoms with Gasteiger partial charge in [0.2, 0.25) is 5.91 Å². The fourth-order valence-electron chi connectivity index (χ4n) is 2.58. The van der Waals surface area contributed by atoms with E-state index in [9.17, 15) is 9.59 Å². The molecule has 1 aliphatic heterocycles. The van der Waals surface area contributed by atoms with Crippen LogP contribution in [0.15, 0.2) is 30.5 Å². The number of benzene rings is 1. The maximum absolute atomic E-state index is 12.0. The van der Waals surface area contributed by atoms with Crippen LogP contribution in [0.1, 0.15) is 46.6 Å². The van der Waals surface area contributed by atoms with E-state index in [1.807, 2.05) is 13.8 Å². The lowest BCUT2D eigenvalue weighted by molar-refractivity contribution is -0.113. The van der Waals surface area contributed by atoms with Crippen molar-refractivity contribution in [1.29, 1.82) is 0 Å². The minimum atomic E-state index is -0.949. The third-order valence-corrected chi connectivity index (χ3v) is 4.98. The Hall–Kier alpha value is -2.28. The Morgan fingerprint density at radius 1 is 1.39 bits per heavy atom. The molecule has 23 heavy (non-hydrogen) atoms. The van der Waals surface area contributed by atoms with E-state index in [-0.39, 0.29) is 22.8 Å².